The van der Waals surface area contributed by atoms with Crippen molar-refractivity contribution < 1.29 is 14.3 Å². The Morgan fingerprint density at radius 1 is 1.77 bits per heavy atom. The molecule has 0 amide bonds. The SMILES string of the molecule is C=CC(=O)OC1(CCC)CCOC1. The van der Waals surface area contributed by atoms with Crippen molar-refractivity contribution in [3.05, 3.63) is 12.7 Å². The van der Waals surface area contributed by atoms with Crippen LogP contribution in [0.4, 0.5) is 0 Å². The van der Waals surface area contributed by atoms with Gasteiger partial charge >= 0.3 is 5.97 Å². The molecule has 1 atom stereocenters. The van der Waals surface area contributed by atoms with Gasteiger partial charge in [0.1, 0.15) is 5.60 Å². The minimum absolute atomic E-state index is 0.348. The summed E-state index contributed by atoms with van der Waals surface area (Å²) in [6, 6.07) is 0. The summed E-state index contributed by atoms with van der Waals surface area (Å²) in [7, 11) is 0. The summed E-state index contributed by atoms with van der Waals surface area (Å²) in [5.74, 6) is -0.348. The topological polar surface area (TPSA) is 35.5 Å². The molecular formula is C10H16O3. The van der Waals surface area contributed by atoms with Crippen molar-refractivity contribution in [3.8, 4) is 0 Å². The van der Waals surface area contributed by atoms with Crippen LogP contribution in [0.25, 0.3) is 0 Å². The number of hydrogen-bond acceptors (Lipinski definition) is 3. The van der Waals surface area contributed by atoms with Crippen LogP contribution in [0.5, 0.6) is 0 Å². The van der Waals surface area contributed by atoms with E-state index >= 15 is 0 Å². The van der Waals surface area contributed by atoms with Crippen LogP contribution in [0.2, 0.25) is 0 Å². The van der Waals surface area contributed by atoms with Gasteiger partial charge in [-0.25, -0.2) is 4.79 Å². The van der Waals surface area contributed by atoms with Crippen LogP contribution in [0.3, 0.4) is 0 Å². The quantitative estimate of drug-likeness (QED) is 0.492. The van der Waals surface area contributed by atoms with Crippen molar-refractivity contribution in [1.82, 2.24) is 0 Å². The van der Waals surface area contributed by atoms with Gasteiger partial charge < -0.3 is 9.47 Å². The Balaban J connectivity index is 2.55. The van der Waals surface area contributed by atoms with Gasteiger partial charge in [-0.3, -0.25) is 0 Å². The van der Waals surface area contributed by atoms with Gasteiger partial charge in [0.25, 0.3) is 0 Å². The van der Waals surface area contributed by atoms with E-state index in [1.165, 1.54) is 6.08 Å². The second kappa shape index (κ2) is 4.42. The normalized spacial score (nSPS) is 27.2. The first kappa shape index (κ1) is 10.3. The van der Waals surface area contributed by atoms with Crippen LogP contribution in [-0.2, 0) is 14.3 Å². The monoisotopic (exact) mass is 184 g/mol. The van der Waals surface area contributed by atoms with Crippen LogP contribution in [-0.4, -0.2) is 24.8 Å². The Kier molecular flexibility index (Phi) is 3.48. The van der Waals surface area contributed by atoms with E-state index in [0.717, 1.165) is 19.3 Å². The molecule has 0 radical (unpaired) electrons. The predicted octanol–water partition coefficient (Wildman–Crippen LogP) is 1.67. The smallest absolute Gasteiger partial charge is 0.330 e. The van der Waals surface area contributed by atoms with E-state index < -0.39 is 0 Å². The molecule has 1 aliphatic heterocycles. The lowest BCUT2D eigenvalue weighted by molar-refractivity contribution is -0.154. The zero-order chi connectivity index (χ0) is 9.73. The first-order chi connectivity index (χ1) is 6.22. The molecule has 1 rings (SSSR count). The van der Waals surface area contributed by atoms with E-state index in [1.807, 2.05) is 0 Å². The summed E-state index contributed by atoms with van der Waals surface area (Å²) < 4.78 is 10.6. The second-order valence-electron chi connectivity index (χ2n) is 3.36. The molecule has 3 heteroatoms. The van der Waals surface area contributed by atoms with Crippen molar-refractivity contribution in [2.75, 3.05) is 13.2 Å². The molecule has 0 aromatic rings. The second-order valence-corrected chi connectivity index (χ2v) is 3.36. The number of carbonyl (C=O) groups is 1. The maximum Gasteiger partial charge on any atom is 0.330 e. The van der Waals surface area contributed by atoms with Crippen molar-refractivity contribution in [2.24, 2.45) is 0 Å². The lowest BCUT2D eigenvalue weighted by Crippen LogP contribution is -2.35. The molecule has 1 unspecified atom stereocenters. The number of hydrogen-bond donors (Lipinski definition) is 0. The standard InChI is InChI=1S/C10H16O3/c1-3-5-10(6-7-12-8-10)13-9(11)4-2/h4H,2-3,5-8H2,1H3. The highest BCUT2D eigenvalue weighted by atomic mass is 16.6. The first-order valence-corrected chi connectivity index (χ1v) is 4.65. The van der Waals surface area contributed by atoms with Gasteiger partial charge in [0.2, 0.25) is 0 Å². The third-order valence-corrected chi connectivity index (χ3v) is 2.26. The van der Waals surface area contributed by atoms with Gasteiger partial charge in [-0.15, -0.1) is 0 Å². The largest absolute Gasteiger partial charge is 0.453 e. The highest BCUT2D eigenvalue weighted by Gasteiger charge is 2.37. The molecule has 0 spiro atoms. The molecular weight excluding hydrogens is 168 g/mol. The Morgan fingerprint density at radius 3 is 3.00 bits per heavy atom. The van der Waals surface area contributed by atoms with E-state index in [2.05, 4.69) is 13.5 Å². The number of esters is 1. The lowest BCUT2D eigenvalue weighted by Gasteiger charge is -2.26. The zero-order valence-electron chi connectivity index (χ0n) is 8.04. The summed E-state index contributed by atoms with van der Waals surface area (Å²) in [4.78, 5) is 11.1. The van der Waals surface area contributed by atoms with Gasteiger partial charge in [-0.2, -0.15) is 0 Å². The van der Waals surface area contributed by atoms with Crippen molar-refractivity contribution in [3.63, 3.8) is 0 Å². The van der Waals surface area contributed by atoms with Crippen molar-refractivity contribution >= 4 is 5.97 Å². The third-order valence-electron chi connectivity index (χ3n) is 2.26. The molecule has 1 saturated heterocycles. The van der Waals surface area contributed by atoms with E-state index in [4.69, 9.17) is 9.47 Å². The maximum atomic E-state index is 11.1. The molecule has 74 valence electrons. The molecule has 0 saturated carbocycles. The lowest BCUT2D eigenvalue weighted by atomic mass is 9.97. The molecule has 0 N–H and O–H groups in total. The maximum absolute atomic E-state index is 11.1. The molecule has 0 aromatic carbocycles. The summed E-state index contributed by atoms with van der Waals surface area (Å²) in [5, 5.41) is 0. The molecule has 13 heavy (non-hydrogen) atoms. The van der Waals surface area contributed by atoms with Crippen molar-refractivity contribution in [2.45, 2.75) is 31.8 Å². The summed E-state index contributed by atoms with van der Waals surface area (Å²) >= 11 is 0. The molecule has 1 heterocycles. The predicted molar refractivity (Wildman–Crippen MR) is 49.4 cm³/mol. The van der Waals surface area contributed by atoms with Gasteiger partial charge in [-0.1, -0.05) is 19.9 Å². The number of rotatable bonds is 4. The number of ether oxygens (including phenoxy) is 2. The fourth-order valence-electron chi connectivity index (χ4n) is 1.63. The average molecular weight is 184 g/mol. The zero-order valence-corrected chi connectivity index (χ0v) is 8.04. The fourth-order valence-corrected chi connectivity index (χ4v) is 1.63. The van der Waals surface area contributed by atoms with E-state index in [9.17, 15) is 4.79 Å². The number of carbonyl (C=O) groups excluding carboxylic acids is 1. The summed E-state index contributed by atoms with van der Waals surface area (Å²) in [6.45, 7) is 6.66. The Labute approximate surface area is 78.7 Å². The van der Waals surface area contributed by atoms with Crippen LogP contribution >= 0.6 is 0 Å². The van der Waals surface area contributed by atoms with E-state index in [-0.39, 0.29) is 11.6 Å². The molecule has 0 aliphatic carbocycles. The van der Waals surface area contributed by atoms with E-state index in [0.29, 0.717) is 13.2 Å². The summed E-state index contributed by atoms with van der Waals surface area (Å²) in [5.41, 5.74) is -0.375. The van der Waals surface area contributed by atoms with Crippen LogP contribution in [0, 0.1) is 0 Å². The molecule has 3 nitrogen and oxygen atoms in total. The minimum atomic E-state index is -0.375. The van der Waals surface area contributed by atoms with Crippen LogP contribution in [0.1, 0.15) is 26.2 Å². The Morgan fingerprint density at radius 2 is 2.54 bits per heavy atom. The highest BCUT2D eigenvalue weighted by molar-refractivity contribution is 5.81. The third kappa shape index (κ3) is 2.56. The van der Waals surface area contributed by atoms with Crippen LogP contribution < -0.4 is 0 Å². The van der Waals surface area contributed by atoms with Crippen LogP contribution in [0.15, 0.2) is 12.7 Å². The molecule has 1 aliphatic rings. The average Bonchev–Trinajstić information content (AvgIpc) is 2.54. The summed E-state index contributed by atoms with van der Waals surface area (Å²) in [6.07, 6.45) is 3.87. The molecule has 0 aromatic heterocycles. The van der Waals surface area contributed by atoms with Gasteiger partial charge in [0.15, 0.2) is 0 Å². The Hall–Kier alpha value is -0.830. The van der Waals surface area contributed by atoms with Gasteiger partial charge in [0.05, 0.1) is 13.2 Å². The van der Waals surface area contributed by atoms with E-state index in [1.54, 1.807) is 0 Å². The highest BCUT2D eigenvalue weighted by Crippen LogP contribution is 2.28. The fraction of sp³-hybridized carbons (Fsp3) is 0.700. The van der Waals surface area contributed by atoms with Crippen molar-refractivity contribution in [1.29, 1.82) is 0 Å². The molecule has 1 fully saturated rings. The molecule has 0 bridgehead atoms. The Bertz CT molecular complexity index is 192. The van der Waals surface area contributed by atoms with Gasteiger partial charge in [0, 0.05) is 12.5 Å². The first-order valence-electron chi connectivity index (χ1n) is 4.65. The minimum Gasteiger partial charge on any atom is -0.453 e. The van der Waals surface area contributed by atoms with Gasteiger partial charge in [-0.05, 0) is 6.42 Å².